The van der Waals surface area contributed by atoms with Crippen molar-refractivity contribution in [2.75, 3.05) is 13.2 Å². The van der Waals surface area contributed by atoms with Gasteiger partial charge in [-0.2, -0.15) is 0 Å². The molecule has 0 aromatic heterocycles. The third-order valence-electron chi connectivity index (χ3n) is 10.2. The lowest BCUT2D eigenvalue weighted by atomic mass is 10.1. The molecule has 1 unspecified atom stereocenters. The van der Waals surface area contributed by atoms with Gasteiger partial charge >= 0.3 is 17.9 Å². The van der Waals surface area contributed by atoms with E-state index in [0.717, 1.165) is 89.9 Å². The zero-order chi connectivity index (χ0) is 43.7. The van der Waals surface area contributed by atoms with E-state index in [2.05, 4.69) is 69.4 Å². The summed E-state index contributed by atoms with van der Waals surface area (Å²) in [7, 11) is 0. The lowest BCUT2D eigenvalue weighted by Crippen LogP contribution is -2.30. The van der Waals surface area contributed by atoms with E-state index in [1.54, 1.807) is 0 Å². The molecule has 0 heterocycles. The number of hydrogen-bond donors (Lipinski definition) is 0. The second-order valence-corrected chi connectivity index (χ2v) is 16.1. The molecule has 0 saturated carbocycles. The highest BCUT2D eigenvalue weighted by Crippen LogP contribution is 2.13. The van der Waals surface area contributed by atoms with Crippen LogP contribution >= 0.6 is 0 Å². The molecular formula is C54H90O6. The molecular weight excluding hydrogens is 745 g/mol. The van der Waals surface area contributed by atoms with Crippen LogP contribution < -0.4 is 0 Å². The Balaban J connectivity index is 4.49. The highest BCUT2D eigenvalue weighted by atomic mass is 16.6. The lowest BCUT2D eigenvalue weighted by molar-refractivity contribution is -0.167. The molecule has 60 heavy (non-hydrogen) atoms. The summed E-state index contributed by atoms with van der Waals surface area (Å²) in [5, 5.41) is 0. The van der Waals surface area contributed by atoms with Gasteiger partial charge < -0.3 is 14.2 Å². The molecule has 0 fully saturated rings. The van der Waals surface area contributed by atoms with E-state index in [-0.39, 0.29) is 31.1 Å². The third-order valence-corrected chi connectivity index (χ3v) is 10.2. The Labute approximate surface area is 369 Å². The van der Waals surface area contributed by atoms with Crippen molar-refractivity contribution in [2.45, 2.75) is 226 Å². The molecule has 0 bridgehead atoms. The van der Waals surface area contributed by atoms with Crippen LogP contribution in [0.5, 0.6) is 0 Å². The van der Waals surface area contributed by atoms with E-state index >= 15 is 0 Å². The number of ether oxygens (including phenoxy) is 3. The summed E-state index contributed by atoms with van der Waals surface area (Å²) in [6.45, 7) is 6.39. The maximum atomic E-state index is 12.8. The van der Waals surface area contributed by atoms with Crippen LogP contribution in [0.4, 0.5) is 0 Å². The van der Waals surface area contributed by atoms with Crippen molar-refractivity contribution < 1.29 is 28.6 Å². The van der Waals surface area contributed by atoms with Crippen LogP contribution in [0.1, 0.15) is 220 Å². The van der Waals surface area contributed by atoms with Gasteiger partial charge in [-0.3, -0.25) is 14.4 Å². The summed E-state index contributed by atoms with van der Waals surface area (Å²) in [6.07, 6.45) is 61.3. The largest absolute Gasteiger partial charge is 0.462 e. The topological polar surface area (TPSA) is 78.9 Å². The van der Waals surface area contributed by atoms with E-state index in [0.29, 0.717) is 19.3 Å². The maximum absolute atomic E-state index is 12.8. The van der Waals surface area contributed by atoms with Crippen LogP contribution in [0.25, 0.3) is 0 Å². The fraction of sp³-hybridized carbons (Fsp3) is 0.685. The monoisotopic (exact) mass is 835 g/mol. The first-order valence-corrected chi connectivity index (χ1v) is 24.7. The smallest absolute Gasteiger partial charge is 0.306 e. The predicted octanol–water partition coefficient (Wildman–Crippen LogP) is 16.0. The van der Waals surface area contributed by atoms with Crippen LogP contribution in [0.2, 0.25) is 0 Å². The maximum Gasteiger partial charge on any atom is 0.306 e. The summed E-state index contributed by atoms with van der Waals surface area (Å²) in [4.78, 5) is 37.9. The SMILES string of the molecule is CC/C=C/C=C/C=C/C=C/CCCCCC(=O)OCC(COC(=O)CCCCCCCC/C=C/C=C/CCCCC)OC(=O)CCCCC/C=C/CCCCCCCCC. The summed E-state index contributed by atoms with van der Waals surface area (Å²) in [6, 6.07) is 0. The van der Waals surface area contributed by atoms with E-state index in [1.165, 1.54) is 89.9 Å². The van der Waals surface area contributed by atoms with E-state index in [1.807, 2.05) is 36.5 Å². The normalized spacial score (nSPS) is 12.8. The molecule has 0 aliphatic heterocycles. The molecule has 0 saturated heterocycles. The molecule has 0 aliphatic carbocycles. The quantitative estimate of drug-likeness (QED) is 0.0200. The van der Waals surface area contributed by atoms with Crippen molar-refractivity contribution >= 4 is 17.9 Å². The highest BCUT2D eigenvalue weighted by molar-refractivity contribution is 5.71. The minimum absolute atomic E-state index is 0.102. The van der Waals surface area contributed by atoms with Crippen LogP contribution in [-0.4, -0.2) is 37.2 Å². The van der Waals surface area contributed by atoms with Crippen molar-refractivity contribution in [3.05, 3.63) is 85.1 Å². The van der Waals surface area contributed by atoms with Crippen molar-refractivity contribution in [1.82, 2.24) is 0 Å². The minimum Gasteiger partial charge on any atom is -0.462 e. The molecule has 0 radical (unpaired) electrons. The molecule has 1 atom stereocenters. The first-order chi connectivity index (χ1) is 29.5. The average molecular weight is 835 g/mol. The van der Waals surface area contributed by atoms with E-state index in [9.17, 15) is 14.4 Å². The molecule has 6 nitrogen and oxygen atoms in total. The number of esters is 3. The summed E-state index contributed by atoms with van der Waals surface area (Å²) in [5.41, 5.74) is 0. The molecule has 0 aliphatic rings. The van der Waals surface area contributed by atoms with E-state index in [4.69, 9.17) is 14.2 Å². The Hall–Kier alpha value is -3.41. The van der Waals surface area contributed by atoms with Gasteiger partial charge in [-0.15, -0.1) is 0 Å². The van der Waals surface area contributed by atoms with Gasteiger partial charge in [0.05, 0.1) is 0 Å². The minimum atomic E-state index is -0.804. The Kier molecular flexibility index (Phi) is 45.5. The first kappa shape index (κ1) is 56.6. The Morgan fingerprint density at radius 1 is 0.350 bits per heavy atom. The molecule has 0 N–H and O–H groups in total. The van der Waals surface area contributed by atoms with Crippen LogP contribution in [-0.2, 0) is 28.6 Å². The summed E-state index contributed by atoms with van der Waals surface area (Å²) < 4.78 is 16.7. The average Bonchev–Trinajstić information content (AvgIpc) is 3.24. The number of allylic oxidation sites excluding steroid dienone is 14. The first-order valence-electron chi connectivity index (χ1n) is 24.7. The van der Waals surface area contributed by atoms with Crippen LogP contribution in [0, 0.1) is 0 Å². The van der Waals surface area contributed by atoms with Crippen molar-refractivity contribution in [2.24, 2.45) is 0 Å². The standard InChI is InChI=1S/C54H90O6/c1-4-7-10-13-16-19-22-25-27-30-32-35-38-41-44-47-53(56)59-50-51(49-58-52(55)46-43-40-37-34-31-28-24-21-18-15-12-9-6-3)60-54(57)48-45-42-39-36-33-29-26-23-20-17-14-11-8-5-2/h9,12,15-16,18-19,21-22,24-25,28-29,31,33,51H,4-8,10-11,13-14,17,20,23,26-27,30,32,34-50H2,1-3H3/b12-9+,18-15+,19-16+,24-21+,25-22+,31-28+,33-29+. The number of unbranched alkanes of at least 4 members (excludes halogenated alkanes) is 22. The zero-order valence-electron chi connectivity index (χ0n) is 38.9. The molecule has 6 heteroatoms. The fourth-order valence-corrected chi connectivity index (χ4v) is 6.50. The van der Waals surface area contributed by atoms with Gasteiger partial charge in [-0.25, -0.2) is 0 Å². The van der Waals surface area contributed by atoms with Gasteiger partial charge in [0.25, 0.3) is 0 Å². The van der Waals surface area contributed by atoms with Crippen molar-refractivity contribution in [3.63, 3.8) is 0 Å². The third kappa shape index (κ3) is 45.7. The Morgan fingerprint density at radius 2 is 0.667 bits per heavy atom. The molecule has 342 valence electrons. The van der Waals surface area contributed by atoms with Gasteiger partial charge in [0.2, 0.25) is 0 Å². The second-order valence-electron chi connectivity index (χ2n) is 16.1. The fourth-order valence-electron chi connectivity index (χ4n) is 6.50. The summed E-state index contributed by atoms with van der Waals surface area (Å²) >= 11 is 0. The number of hydrogen-bond acceptors (Lipinski definition) is 6. The van der Waals surface area contributed by atoms with Gasteiger partial charge in [-0.05, 0) is 89.9 Å². The van der Waals surface area contributed by atoms with Gasteiger partial charge in [0.1, 0.15) is 13.2 Å². The number of rotatable bonds is 43. The molecule has 0 aromatic rings. The van der Waals surface area contributed by atoms with Gasteiger partial charge in [0.15, 0.2) is 6.10 Å². The molecule has 0 rings (SSSR count). The zero-order valence-corrected chi connectivity index (χ0v) is 38.9. The Bertz CT molecular complexity index is 1190. The molecule has 0 aromatic carbocycles. The Morgan fingerprint density at radius 3 is 1.13 bits per heavy atom. The van der Waals surface area contributed by atoms with Crippen molar-refractivity contribution in [1.29, 1.82) is 0 Å². The highest BCUT2D eigenvalue weighted by Gasteiger charge is 2.19. The van der Waals surface area contributed by atoms with Gasteiger partial charge in [-0.1, -0.05) is 196 Å². The number of carbonyl (C=O) groups is 3. The van der Waals surface area contributed by atoms with Crippen LogP contribution in [0.15, 0.2) is 85.1 Å². The molecule has 0 amide bonds. The van der Waals surface area contributed by atoms with Crippen molar-refractivity contribution in [3.8, 4) is 0 Å². The van der Waals surface area contributed by atoms with Gasteiger partial charge in [0, 0.05) is 19.3 Å². The van der Waals surface area contributed by atoms with Crippen LogP contribution in [0.3, 0.4) is 0 Å². The lowest BCUT2D eigenvalue weighted by Gasteiger charge is -2.18. The predicted molar refractivity (Wildman–Crippen MR) is 256 cm³/mol. The van der Waals surface area contributed by atoms with E-state index < -0.39 is 6.10 Å². The molecule has 0 spiro atoms. The summed E-state index contributed by atoms with van der Waals surface area (Å²) in [5.74, 6) is -0.973. The number of carbonyl (C=O) groups excluding carboxylic acids is 3. The second kappa shape index (κ2) is 48.3.